The first-order chi connectivity index (χ1) is 9.85. The second-order valence-corrected chi connectivity index (χ2v) is 4.72. The van der Waals surface area contributed by atoms with Crippen molar-refractivity contribution in [1.29, 1.82) is 0 Å². The normalized spacial score (nSPS) is 13.5. The number of hydrogen-bond donors (Lipinski definition) is 2. The molecule has 0 aliphatic rings. The van der Waals surface area contributed by atoms with Gasteiger partial charge in [-0.15, -0.1) is 0 Å². The molecule has 7 heteroatoms. The molecule has 21 heavy (non-hydrogen) atoms. The molecular formula is C14H21F3N2O2. The Balaban J connectivity index is 2.47. The summed E-state index contributed by atoms with van der Waals surface area (Å²) in [6.07, 6.45) is -5.28. The number of ether oxygens (including phenoxy) is 1. The summed E-state index contributed by atoms with van der Waals surface area (Å²) in [6.45, 7) is 0.895. The lowest BCUT2D eigenvalue weighted by Gasteiger charge is -2.24. The minimum absolute atomic E-state index is 0.0780. The summed E-state index contributed by atoms with van der Waals surface area (Å²) in [6, 6.07) is 7.09. The highest BCUT2D eigenvalue weighted by atomic mass is 19.4. The van der Waals surface area contributed by atoms with Crippen LogP contribution in [0.3, 0.4) is 0 Å². The number of alkyl halides is 3. The molecule has 0 heterocycles. The van der Waals surface area contributed by atoms with Crippen molar-refractivity contribution in [3.8, 4) is 5.75 Å². The van der Waals surface area contributed by atoms with Crippen LogP contribution >= 0.6 is 0 Å². The molecule has 0 saturated carbocycles. The van der Waals surface area contributed by atoms with E-state index in [0.717, 1.165) is 10.5 Å². The van der Waals surface area contributed by atoms with E-state index in [-0.39, 0.29) is 19.7 Å². The van der Waals surface area contributed by atoms with E-state index in [1.54, 1.807) is 25.1 Å². The van der Waals surface area contributed by atoms with E-state index in [4.69, 9.17) is 10.5 Å². The summed E-state index contributed by atoms with van der Waals surface area (Å²) < 4.78 is 42.4. The Bertz CT molecular complexity index is 427. The molecule has 0 aliphatic heterocycles. The first-order valence-corrected chi connectivity index (χ1v) is 6.73. The maximum atomic E-state index is 12.3. The largest absolute Gasteiger partial charge is 0.491 e. The lowest BCUT2D eigenvalue weighted by Crippen LogP contribution is -2.40. The molecule has 0 saturated heterocycles. The predicted octanol–water partition coefficient (Wildman–Crippen LogP) is 1.77. The van der Waals surface area contributed by atoms with E-state index in [1.165, 1.54) is 0 Å². The number of nitrogens with two attached hydrogens (primary N) is 1. The minimum atomic E-state index is -4.28. The Hall–Kier alpha value is -1.31. The van der Waals surface area contributed by atoms with Gasteiger partial charge < -0.3 is 15.6 Å². The van der Waals surface area contributed by atoms with Gasteiger partial charge in [-0.05, 0) is 12.6 Å². The zero-order valence-electron chi connectivity index (χ0n) is 11.9. The summed E-state index contributed by atoms with van der Waals surface area (Å²) in [4.78, 5) is 1.13. The molecule has 1 aromatic carbocycles. The van der Waals surface area contributed by atoms with Gasteiger partial charge in [0.2, 0.25) is 0 Å². The highest BCUT2D eigenvalue weighted by Gasteiger charge is 2.30. The molecule has 120 valence electrons. The van der Waals surface area contributed by atoms with E-state index in [2.05, 4.69) is 0 Å². The number of hydrogen-bond acceptors (Lipinski definition) is 4. The number of nitrogens with zero attached hydrogens (tertiary/aromatic N) is 1. The molecule has 1 unspecified atom stereocenters. The molecular weight excluding hydrogens is 285 g/mol. The molecule has 3 N–H and O–H groups in total. The standard InChI is InChI=1S/C14H21F3N2O2/c1-2-19(10-14(15,16)17)8-12(20)9-21-13-6-4-3-5-11(13)7-18/h3-6,12,20H,2,7-10,18H2,1H3. The number of rotatable bonds is 8. The smallest absolute Gasteiger partial charge is 0.401 e. The first kappa shape index (κ1) is 17.7. The van der Waals surface area contributed by atoms with Crippen molar-refractivity contribution in [3.63, 3.8) is 0 Å². The van der Waals surface area contributed by atoms with E-state index in [0.29, 0.717) is 12.3 Å². The average Bonchev–Trinajstić information content (AvgIpc) is 2.43. The highest BCUT2D eigenvalue weighted by Crippen LogP contribution is 2.18. The van der Waals surface area contributed by atoms with Crippen molar-refractivity contribution in [1.82, 2.24) is 4.90 Å². The third-order valence-electron chi connectivity index (χ3n) is 2.94. The van der Waals surface area contributed by atoms with Gasteiger partial charge >= 0.3 is 6.18 Å². The fourth-order valence-electron chi connectivity index (χ4n) is 1.91. The van der Waals surface area contributed by atoms with Crippen LogP contribution in [0.15, 0.2) is 24.3 Å². The Morgan fingerprint density at radius 1 is 1.33 bits per heavy atom. The molecule has 0 radical (unpaired) electrons. The maximum absolute atomic E-state index is 12.3. The van der Waals surface area contributed by atoms with Gasteiger partial charge in [0.15, 0.2) is 0 Å². The van der Waals surface area contributed by atoms with Crippen molar-refractivity contribution in [3.05, 3.63) is 29.8 Å². The van der Waals surface area contributed by atoms with Gasteiger partial charge in [-0.1, -0.05) is 25.1 Å². The van der Waals surface area contributed by atoms with Crippen LogP contribution in [0.2, 0.25) is 0 Å². The fraction of sp³-hybridized carbons (Fsp3) is 0.571. The Kier molecular flexibility index (Phi) is 6.94. The van der Waals surface area contributed by atoms with Gasteiger partial charge in [0, 0.05) is 18.7 Å². The Labute approximate surface area is 122 Å². The third kappa shape index (κ3) is 6.79. The van der Waals surface area contributed by atoms with Gasteiger partial charge in [0.1, 0.15) is 18.5 Å². The number of likely N-dealkylation sites (N-methyl/N-ethyl adjacent to an activating group) is 1. The van der Waals surface area contributed by atoms with Crippen LogP contribution in [0.1, 0.15) is 12.5 Å². The minimum Gasteiger partial charge on any atom is -0.491 e. The van der Waals surface area contributed by atoms with Crippen LogP contribution in [0.5, 0.6) is 5.75 Å². The van der Waals surface area contributed by atoms with E-state index >= 15 is 0 Å². The first-order valence-electron chi connectivity index (χ1n) is 6.73. The lowest BCUT2D eigenvalue weighted by molar-refractivity contribution is -0.148. The topological polar surface area (TPSA) is 58.7 Å². The second kappa shape index (κ2) is 8.21. The van der Waals surface area contributed by atoms with Gasteiger partial charge in [0.05, 0.1) is 6.54 Å². The second-order valence-electron chi connectivity index (χ2n) is 4.72. The van der Waals surface area contributed by atoms with Crippen LogP contribution in [0, 0.1) is 0 Å². The van der Waals surface area contributed by atoms with Crippen LogP contribution in [0.4, 0.5) is 13.2 Å². The van der Waals surface area contributed by atoms with Crippen molar-refractivity contribution in [2.75, 3.05) is 26.2 Å². The van der Waals surface area contributed by atoms with Crippen molar-refractivity contribution in [2.45, 2.75) is 25.7 Å². The van der Waals surface area contributed by atoms with E-state index in [9.17, 15) is 18.3 Å². The summed E-state index contributed by atoms with van der Waals surface area (Å²) in [7, 11) is 0. The third-order valence-corrected chi connectivity index (χ3v) is 2.94. The number of para-hydroxylation sites is 1. The molecule has 0 aliphatic carbocycles. The lowest BCUT2D eigenvalue weighted by atomic mass is 10.2. The fourth-order valence-corrected chi connectivity index (χ4v) is 1.91. The molecule has 4 nitrogen and oxygen atoms in total. The van der Waals surface area contributed by atoms with E-state index < -0.39 is 18.8 Å². The van der Waals surface area contributed by atoms with Crippen LogP contribution in [-0.4, -0.2) is 48.5 Å². The van der Waals surface area contributed by atoms with Gasteiger partial charge in [-0.3, -0.25) is 4.90 Å². The van der Waals surface area contributed by atoms with Crippen LogP contribution in [0.25, 0.3) is 0 Å². The predicted molar refractivity (Wildman–Crippen MR) is 74.0 cm³/mol. The van der Waals surface area contributed by atoms with Gasteiger partial charge in [0.25, 0.3) is 0 Å². The summed E-state index contributed by atoms with van der Waals surface area (Å²) in [5.41, 5.74) is 6.34. The number of aliphatic hydroxyl groups is 1. The molecule has 1 aromatic rings. The monoisotopic (exact) mass is 306 g/mol. The Morgan fingerprint density at radius 2 is 2.00 bits per heavy atom. The number of aliphatic hydroxyl groups excluding tert-OH is 1. The SMILES string of the molecule is CCN(CC(O)COc1ccccc1CN)CC(F)(F)F. The maximum Gasteiger partial charge on any atom is 0.401 e. The number of halogens is 3. The van der Waals surface area contributed by atoms with Gasteiger partial charge in [-0.25, -0.2) is 0 Å². The molecule has 1 rings (SSSR count). The summed E-state index contributed by atoms with van der Waals surface area (Å²) in [5, 5.41) is 9.81. The number of benzene rings is 1. The van der Waals surface area contributed by atoms with Gasteiger partial charge in [-0.2, -0.15) is 13.2 Å². The molecule has 0 spiro atoms. The van der Waals surface area contributed by atoms with Crippen molar-refractivity contribution < 1.29 is 23.0 Å². The highest BCUT2D eigenvalue weighted by molar-refractivity contribution is 5.32. The zero-order chi connectivity index (χ0) is 15.9. The molecule has 0 amide bonds. The quantitative estimate of drug-likeness (QED) is 0.768. The molecule has 0 bridgehead atoms. The summed E-state index contributed by atoms with van der Waals surface area (Å²) in [5.74, 6) is 0.540. The zero-order valence-corrected chi connectivity index (χ0v) is 11.9. The van der Waals surface area contributed by atoms with Crippen LogP contribution in [-0.2, 0) is 6.54 Å². The average molecular weight is 306 g/mol. The van der Waals surface area contributed by atoms with Crippen molar-refractivity contribution >= 4 is 0 Å². The van der Waals surface area contributed by atoms with E-state index in [1.807, 2.05) is 6.07 Å². The van der Waals surface area contributed by atoms with Crippen molar-refractivity contribution in [2.24, 2.45) is 5.73 Å². The summed E-state index contributed by atoms with van der Waals surface area (Å²) >= 11 is 0. The molecule has 0 fully saturated rings. The molecule has 1 atom stereocenters. The Morgan fingerprint density at radius 3 is 2.57 bits per heavy atom. The molecule has 0 aromatic heterocycles. The van der Waals surface area contributed by atoms with Crippen LogP contribution < -0.4 is 10.5 Å².